The summed E-state index contributed by atoms with van der Waals surface area (Å²) >= 11 is 0. The van der Waals surface area contributed by atoms with Crippen molar-refractivity contribution in [2.24, 2.45) is 0 Å². The first-order chi connectivity index (χ1) is 9.88. The first kappa shape index (κ1) is 15.3. The van der Waals surface area contributed by atoms with Crippen LogP contribution in [0, 0.1) is 17.5 Å². The van der Waals surface area contributed by atoms with Crippen LogP contribution < -0.4 is 5.32 Å². The highest BCUT2D eigenvalue weighted by Gasteiger charge is 2.27. The van der Waals surface area contributed by atoms with Gasteiger partial charge in [0.15, 0.2) is 11.6 Å². The number of nitrogens with one attached hydrogen (secondary N) is 1. The third-order valence-corrected chi connectivity index (χ3v) is 3.20. The van der Waals surface area contributed by atoms with E-state index in [0.29, 0.717) is 18.9 Å². The van der Waals surface area contributed by atoms with Gasteiger partial charge in [-0.15, -0.1) is 0 Å². The molecule has 21 heavy (non-hydrogen) atoms. The number of rotatable bonds is 1. The number of carbonyl (C=O) groups excluding carboxylic acids is 2. The fourth-order valence-electron chi connectivity index (χ4n) is 2.01. The van der Waals surface area contributed by atoms with Crippen LogP contribution in [0.1, 0.15) is 12.8 Å². The molecule has 1 aliphatic rings. The Morgan fingerprint density at radius 1 is 1.10 bits per heavy atom. The predicted octanol–water partition coefficient (Wildman–Crippen LogP) is 1.03. The van der Waals surface area contributed by atoms with Gasteiger partial charge in [-0.25, -0.2) is 13.2 Å². The van der Waals surface area contributed by atoms with Crippen LogP contribution in [-0.2, 0) is 9.59 Å². The van der Waals surface area contributed by atoms with Gasteiger partial charge >= 0.3 is 11.8 Å². The largest absolute Gasteiger partial charge is 0.393 e. The summed E-state index contributed by atoms with van der Waals surface area (Å²) in [6.07, 6.45) is 0.178. The Kier molecular flexibility index (Phi) is 4.46. The summed E-state index contributed by atoms with van der Waals surface area (Å²) in [6, 6.07) is 0.752. The third kappa shape index (κ3) is 3.52. The fourth-order valence-corrected chi connectivity index (χ4v) is 2.01. The lowest BCUT2D eigenvalue weighted by Gasteiger charge is -2.28. The summed E-state index contributed by atoms with van der Waals surface area (Å²) < 4.78 is 39.1. The second-order valence-corrected chi connectivity index (χ2v) is 4.72. The number of aliphatic hydroxyl groups is 1. The molecule has 114 valence electrons. The van der Waals surface area contributed by atoms with Crippen LogP contribution in [0.15, 0.2) is 12.1 Å². The zero-order chi connectivity index (χ0) is 15.6. The van der Waals surface area contributed by atoms with Crippen molar-refractivity contribution < 1.29 is 27.9 Å². The first-order valence-corrected chi connectivity index (χ1v) is 6.31. The molecule has 0 spiro atoms. The maximum absolute atomic E-state index is 13.4. The van der Waals surface area contributed by atoms with E-state index in [4.69, 9.17) is 0 Å². The molecule has 0 saturated carbocycles. The van der Waals surface area contributed by atoms with Gasteiger partial charge in [0, 0.05) is 25.2 Å². The monoisotopic (exact) mass is 302 g/mol. The van der Waals surface area contributed by atoms with E-state index < -0.39 is 41.1 Å². The number of nitrogens with zero attached hydrogens (tertiary/aromatic N) is 1. The molecule has 0 atom stereocenters. The molecule has 2 rings (SSSR count). The molecule has 0 unspecified atom stereocenters. The third-order valence-electron chi connectivity index (χ3n) is 3.20. The van der Waals surface area contributed by atoms with Gasteiger partial charge in [0.25, 0.3) is 0 Å². The predicted molar refractivity (Wildman–Crippen MR) is 66.8 cm³/mol. The van der Waals surface area contributed by atoms with Crippen LogP contribution in [0.4, 0.5) is 18.9 Å². The Bertz CT molecular complexity index is 572. The Labute approximate surface area is 118 Å². The van der Waals surface area contributed by atoms with Crippen molar-refractivity contribution >= 4 is 17.5 Å². The average molecular weight is 302 g/mol. The maximum Gasteiger partial charge on any atom is 0.313 e. The van der Waals surface area contributed by atoms with Crippen molar-refractivity contribution in [1.82, 2.24) is 4.90 Å². The Hall–Kier alpha value is -2.09. The van der Waals surface area contributed by atoms with Gasteiger partial charge in [-0.3, -0.25) is 9.59 Å². The van der Waals surface area contributed by atoms with Crippen LogP contribution in [-0.4, -0.2) is 41.0 Å². The molecule has 0 bridgehead atoms. The van der Waals surface area contributed by atoms with Gasteiger partial charge in [-0.1, -0.05) is 0 Å². The van der Waals surface area contributed by atoms with Crippen molar-refractivity contribution in [3.8, 4) is 0 Å². The lowest BCUT2D eigenvalue weighted by Crippen LogP contribution is -2.45. The topological polar surface area (TPSA) is 69.6 Å². The molecule has 1 heterocycles. The van der Waals surface area contributed by atoms with Crippen LogP contribution in [0.3, 0.4) is 0 Å². The molecule has 0 aliphatic carbocycles. The van der Waals surface area contributed by atoms with E-state index in [-0.39, 0.29) is 19.2 Å². The van der Waals surface area contributed by atoms with Crippen molar-refractivity contribution in [3.05, 3.63) is 29.6 Å². The Morgan fingerprint density at radius 2 is 1.67 bits per heavy atom. The normalized spacial score (nSPS) is 15.9. The van der Waals surface area contributed by atoms with Gasteiger partial charge in [0.2, 0.25) is 0 Å². The molecular formula is C13H13F3N2O3. The minimum atomic E-state index is -1.39. The Balaban J connectivity index is 2.04. The fraction of sp³-hybridized carbons (Fsp3) is 0.385. The van der Waals surface area contributed by atoms with Crippen LogP contribution >= 0.6 is 0 Å². The SMILES string of the molecule is O=C(Nc1cc(F)c(F)cc1F)C(=O)N1CCC(O)CC1. The van der Waals surface area contributed by atoms with Crippen molar-refractivity contribution in [1.29, 1.82) is 0 Å². The van der Waals surface area contributed by atoms with E-state index >= 15 is 0 Å². The van der Waals surface area contributed by atoms with Crippen molar-refractivity contribution in [2.45, 2.75) is 18.9 Å². The quantitative estimate of drug-likeness (QED) is 0.601. The zero-order valence-electron chi connectivity index (χ0n) is 10.9. The highest BCUT2D eigenvalue weighted by molar-refractivity contribution is 6.39. The molecule has 0 radical (unpaired) electrons. The minimum Gasteiger partial charge on any atom is -0.393 e. The molecule has 5 nitrogen and oxygen atoms in total. The summed E-state index contributed by atoms with van der Waals surface area (Å²) in [5.41, 5.74) is -0.607. The van der Waals surface area contributed by atoms with E-state index in [1.54, 1.807) is 0 Å². The molecule has 0 aromatic heterocycles. The summed E-state index contributed by atoms with van der Waals surface area (Å²) in [5.74, 6) is -5.95. The van der Waals surface area contributed by atoms with Gasteiger partial charge in [-0.05, 0) is 12.8 Å². The van der Waals surface area contributed by atoms with Crippen molar-refractivity contribution in [3.63, 3.8) is 0 Å². The number of anilines is 1. The van der Waals surface area contributed by atoms with E-state index in [0.717, 1.165) is 0 Å². The average Bonchev–Trinajstić information content (AvgIpc) is 2.44. The van der Waals surface area contributed by atoms with Crippen LogP contribution in [0.25, 0.3) is 0 Å². The van der Waals surface area contributed by atoms with Gasteiger partial charge in [0.1, 0.15) is 5.82 Å². The Morgan fingerprint density at radius 3 is 2.29 bits per heavy atom. The molecule has 1 aromatic carbocycles. The van der Waals surface area contributed by atoms with E-state index in [1.165, 1.54) is 4.90 Å². The number of hydrogen-bond acceptors (Lipinski definition) is 3. The summed E-state index contributed by atoms with van der Waals surface area (Å²) in [4.78, 5) is 24.7. The second-order valence-electron chi connectivity index (χ2n) is 4.72. The maximum atomic E-state index is 13.4. The minimum absolute atomic E-state index is 0.202. The molecule has 2 amide bonds. The smallest absolute Gasteiger partial charge is 0.313 e. The highest BCUT2D eigenvalue weighted by atomic mass is 19.2. The second kappa shape index (κ2) is 6.13. The van der Waals surface area contributed by atoms with Gasteiger partial charge < -0.3 is 15.3 Å². The number of piperidine rings is 1. The molecule has 1 fully saturated rings. The number of carbonyl (C=O) groups is 2. The van der Waals surface area contributed by atoms with E-state index in [9.17, 15) is 27.9 Å². The number of aliphatic hydroxyl groups excluding tert-OH is 1. The van der Waals surface area contributed by atoms with Gasteiger partial charge in [-0.2, -0.15) is 0 Å². The number of amides is 2. The molecular weight excluding hydrogens is 289 g/mol. The van der Waals surface area contributed by atoms with E-state index in [1.807, 2.05) is 5.32 Å². The number of likely N-dealkylation sites (tertiary alicyclic amines) is 1. The number of hydrogen-bond donors (Lipinski definition) is 2. The lowest BCUT2D eigenvalue weighted by molar-refractivity contribution is -0.144. The molecule has 1 aromatic rings. The summed E-state index contributed by atoms with van der Waals surface area (Å²) in [5, 5.41) is 11.2. The van der Waals surface area contributed by atoms with Crippen LogP contribution in [0.5, 0.6) is 0 Å². The first-order valence-electron chi connectivity index (χ1n) is 6.31. The number of halogens is 3. The molecule has 8 heteroatoms. The summed E-state index contributed by atoms with van der Waals surface area (Å²) in [6.45, 7) is 0.404. The summed E-state index contributed by atoms with van der Waals surface area (Å²) in [7, 11) is 0. The molecule has 2 N–H and O–H groups in total. The number of benzene rings is 1. The molecule has 1 aliphatic heterocycles. The van der Waals surface area contributed by atoms with Crippen LogP contribution in [0.2, 0.25) is 0 Å². The standard InChI is InChI=1S/C13H13F3N2O3/c14-8-5-10(16)11(6-9(8)15)17-12(20)13(21)18-3-1-7(19)2-4-18/h5-7,19H,1-4H2,(H,17,20). The van der Waals surface area contributed by atoms with E-state index in [2.05, 4.69) is 0 Å². The van der Waals surface area contributed by atoms with Crippen molar-refractivity contribution in [2.75, 3.05) is 18.4 Å². The molecule has 1 saturated heterocycles. The zero-order valence-corrected chi connectivity index (χ0v) is 10.9. The lowest BCUT2D eigenvalue weighted by atomic mass is 10.1. The highest BCUT2D eigenvalue weighted by Crippen LogP contribution is 2.19. The van der Waals surface area contributed by atoms with Gasteiger partial charge in [0.05, 0.1) is 11.8 Å².